The van der Waals surface area contributed by atoms with Crippen LogP contribution in [0.3, 0.4) is 0 Å². The van der Waals surface area contributed by atoms with Gasteiger partial charge in [0, 0.05) is 37.3 Å². The summed E-state index contributed by atoms with van der Waals surface area (Å²) >= 11 is 6.65. The summed E-state index contributed by atoms with van der Waals surface area (Å²) in [6.07, 6.45) is 5.62. The normalized spacial score (nSPS) is 16.8. The zero-order valence-corrected chi connectivity index (χ0v) is 19.5. The third kappa shape index (κ3) is 3.68. The maximum atomic E-state index is 14.3. The molecular weight excluding hydrogens is 471 g/mol. The Hall–Kier alpha value is -3.98. The van der Waals surface area contributed by atoms with E-state index in [4.69, 9.17) is 16.3 Å². The molecule has 0 aliphatic carbocycles. The number of benzene rings is 1. The molecule has 2 amide bonds. The molecule has 0 saturated carbocycles. The number of aryl methyl sites for hydroxylation is 2. The first-order valence-electron chi connectivity index (χ1n) is 11.1. The molecule has 35 heavy (non-hydrogen) atoms. The van der Waals surface area contributed by atoms with E-state index in [0.717, 1.165) is 22.5 Å². The molecule has 5 heterocycles. The Morgan fingerprint density at radius 3 is 2.86 bits per heavy atom. The Labute approximate surface area is 205 Å². The molecule has 1 aromatic carbocycles. The molecule has 2 aliphatic heterocycles. The highest BCUT2D eigenvalue weighted by molar-refractivity contribution is 6.34. The van der Waals surface area contributed by atoms with E-state index < -0.39 is 11.9 Å². The van der Waals surface area contributed by atoms with Crippen molar-refractivity contribution in [3.05, 3.63) is 82.6 Å². The number of fused-ring (bicyclic) bond motifs is 2. The molecule has 2 aliphatic rings. The monoisotopic (exact) mass is 490 g/mol. The van der Waals surface area contributed by atoms with Crippen molar-refractivity contribution in [2.24, 2.45) is 7.05 Å². The van der Waals surface area contributed by atoms with E-state index in [1.54, 1.807) is 46.4 Å². The van der Waals surface area contributed by atoms with Crippen LogP contribution in [-0.2, 0) is 20.0 Å². The van der Waals surface area contributed by atoms with Gasteiger partial charge in [0.25, 0.3) is 0 Å². The average molecular weight is 491 g/mol. The van der Waals surface area contributed by atoms with E-state index in [2.05, 4.69) is 20.4 Å². The number of urea groups is 1. The highest BCUT2D eigenvalue weighted by Crippen LogP contribution is 2.42. The Bertz CT molecular complexity index is 1470. The number of nitrogens with one attached hydrogen (secondary N) is 1. The van der Waals surface area contributed by atoms with Crippen molar-refractivity contribution in [1.82, 2.24) is 19.7 Å². The topological polar surface area (TPSA) is 85.2 Å². The Morgan fingerprint density at radius 2 is 2.06 bits per heavy atom. The molecule has 0 spiro atoms. The number of carbonyl (C=O) groups is 1. The minimum absolute atomic E-state index is 0.256. The Morgan fingerprint density at radius 1 is 1.17 bits per heavy atom. The summed E-state index contributed by atoms with van der Waals surface area (Å²) in [5.74, 6) is 0.152. The standard InChI is InChI=1S/C25H20ClFN6O2/c1-32-19(7-10-30-32)23-15-13-33(25(34)31-18(15)6-9-29-23)20-12-22-14(11-16(20)26)4-5-21(35-22)24-17(27)3-2-8-28-24/h2-3,6-12,21H,4-5,13H2,1H3,(H,31,34). The summed E-state index contributed by atoms with van der Waals surface area (Å²) in [6, 6.07) is 9.81. The second kappa shape index (κ2) is 8.35. The fourth-order valence-corrected chi connectivity index (χ4v) is 4.91. The van der Waals surface area contributed by atoms with Crippen LogP contribution < -0.4 is 15.0 Å². The molecule has 6 rings (SSSR count). The van der Waals surface area contributed by atoms with E-state index >= 15 is 0 Å². The molecule has 0 bridgehead atoms. The van der Waals surface area contributed by atoms with Gasteiger partial charge >= 0.3 is 6.03 Å². The van der Waals surface area contributed by atoms with Gasteiger partial charge in [-0.1, -0.05) is 11.6 Å². The lowest BCUT2D eigenvalue weighted by Crippen LogP contribution is -2.39. The number of hydrogen-bond donors (Lipinski definition) is 1. The molecule has 1 atom stereocenters. The summed E-state index contributed by atoms with van der Waals surface area (Å²) < 4.78 is 22.2. The summed E-state index contributed by atoms with van der Waals surface area (Å²) in [5, 5.41) is 7.61. The molecule has 4 aromatic rings. The van der Waals surface area contributed by atoms with Crippen molar-refractivity contribution in [2.75, 3.05) is 10.2 Å². The van der Waals surface area contributed by atoms with Gasteiger partial charge < -0.3 is 10.1 Å². The Kier molecular flexibility index (Phi) is 5.14. The van der Waals surface area contributed by atoms with Crippen molar-refractivity contribution in [3.8, 4) is 17.1 Å². The third-order valence-corrected chi connectivity index (χ3v) is 6.68. The van der Waals surface area contributed by atoms with Crippen LogP contribution in [0.15, 0.2) is 55.0 Å². The molecule has 0 radical (unpaired) electrons. The van der Waals surface area contributed by atoms with E-state index in [-0.39, 0.29) is 18.3 Å². The fraction of sp³-hybridized carbons (Fsp3) is 0.200. The highest BCUT2D eigenvalue weighted by atomic mass is 35.5. The van der Waals surface area contributed by atoms with E-state index in [0.29, 0.717) is 35.0 Å². The van der Waals surface area contributed by atoms with Crippen LogP contribution in [0.1, 0.15) is 29.3 Å². The molecule has 10 heteroatoms. The predicted octanol–water partition coefficient (Wildman–Crippen LogP) is 5.29. The molecule has 3 aromatic heterocycles. The number of pyridine rings is 2. The minimum atomic E-state index is -0.519. The lowest BCUT2D eigenvalue weighted by molar-refractivity contribution is 0.167. The number of aromatic nitrogens is 4. The predicted molar refractivity (Wildman–Crippen MR) is 129 cm³/mol. The van der Waals surface area contributed by atoms with Gasteiger partial charge in [-0.3, -0.25) is 19.5 Å². The van der Waals surface area contributed by atoms with E-state index in [1.165, 1.54) is 6.07 Å². The second-order valence-corrected chi connectivity index (χ2v) is 8.88. The number of nitrogens with zero attached hydrogens (tertiary/aromatic N) is 5. The molecule has 1 unspecified atom stereocenters. The summed E-state index contributed by atoms with van der Waals surface area (Å²) in [7, 11) is 1.84. The summed E-state index contributed by atoms with van der Waals surface area (Å²) in [6.45, 7) is 0.256. The summed E-state index contributed by atoms with van der Waals surface area (Å²) in [4.78, 5) is 23.4. The van der Waals surface area contributed by atoms with E-state index in [9.17, 15) is 9.18 Å². The number of ether oxygens (including phenoxy) is 1. The average Bonchev–Trinajstić information content (AvgIpc) is 3.28. The third-order valence-electron chi connectivity index (χ3n) is 6.38. The Balaban J connectivity index is 1.37. The van der Waals surface area contributed by atoms with Crippen LogP contribution in [0.25, 0.3) is 11.4 Å². The lowest BCUT2D eigenvalue weighted by Gasteiger charge is -2.32. The van der Waals surface area contributed by atoms with Gasteiger partial charge in [-0.2, -0.15) is 5.10 Å². The van der Waals surface area contributed by atoms with E-state index in [1.807, 2.05) is 19.2 Å². The first kappa shape index (κ1) is 21.5. The van der Waals surface area contributed by atoms with Crippen molar-refractivity contribution in [3.63, 3.8) is 0 Å². The number of halogens is 2. The van der Waals surface area contributed by atoms with Gasteiger partial charge in [-0.15, -0.1) is 0 Å². The minimum Gasteiger partial charge on any atom is -0.484 e. The van der Waals surface area contributed by atoms with Crippen molar-refractivity contribution in [1.29, 1.82) is 0 Å². The zero-order chi connectivity index (χ0) is 24.1. The van der Waals surface area contributed by atoms with Crippen LogP contribution in [-0.4, -0.2) is 25.8 Å². The molecule has 0 saturated heterocycles. The SMILES string of the molecule is Cn1nccc1-c1nccc2c1CN(c1cc3c(cc1Cl)CCC(c1ncccc1F)O3)C(=O)N2. The van der Waals surface area contributed by atoms with Crippen LogP contribution >= 0.6 is 11.6 Å². The van der Waals surface area contributed by atoms with Gasteiger partial charge in [-0.25, -0.2) is 9.18 Å². The maximum Gasteiger partial charge on any atom is 0.326 e. The lowest BCUT2D eigenvalue weighted by atomic mass is 9.99. The van der Waals surface area contributed by atoms with Crippen molar-refractivity contribution >= 4 is 29.0 Å². The number of rotatable bonds is 3. The van der Waals surface area contributed by atoms with Crippen molar-refractivity contribution < 1.29 is 13.9 Å². The van der Waals surface area contributed by atoms with Gasteiger partial charge in [0.2, 0.25) is 0 Å². The fourth-order valence-electron chi connectivity index (χ4n) is 4.63. The van der Waals surface area contributed by atoms with Crippen LogP contribution in [0, 0.1) is 5.82 Å². The number of hydrogen-bond acceptors (Lipinski definition) is 5. The first-order chi connectivity index (χ1) is 17.0. The van der Waals surface area contributed by atoms with Crippen LogP contribution in [0.2, 0.25) is 5.02 Å². The smallest absolute Gasteiger partial charge is 0.326 e. The molecule has 8 nitrogen and oxygen atoms in total. The van der Waals surface area contributed by atoms with Crippen LogP contribution in [0.5, 0.6) is 5.75 Å². The van der Waals surface area contributed by atoms with Gasteiger partial charge in [-0.05, 0) is 48.7 Å². The van der Waals surface area contributed by atoms with Gasteiger partial charge in [0.1, 0.15) is 23.4 Å². The number of anilines is 2. The quantitative estimate of drug-likeness (QED) is 0.422. The largest absolute Gasteiger partial charge is 0.484 e. The molecule has 1 N–H and O–H groups in total. The van der Waals surface area contributed by atoms with Gasteiger partial charge in [0.05, 0.1) is 34.3 Å². The second-order valence-electron chi connectivity index (χ2n) is 8.47. The highest BCUT2D eigenvalue weighted by Gasteiger charge is 2.31. The molecule has 176 valence electrons. The van der Waals surface area contributed by atoms with Crippen molar-refractivity contribution in [2.45, 2.75) is 25.5 Å². The maximum absolute atomic E-state index is 14.3. The number of carbonyl (C=O) groups excluding carboxylic acids is 1. The van der Waals surface area contributed by atoms with Crippen LogP contribution in [0.4, 0.5) is 20.6 Å². The van der Waals surface area contributed by atoms with Gasteiger partial charge in [0.15, 0.2) is 0 Å². The summed E-state index contributed by atoms with van der Waals surface area (Å²) in [5.41, 5.74) is 4.76. The zero-order valence-electron chi connectivity index (χ0n) is 18.7. The first-order valence-corrected chi connectivity index (χ1v) is 11.5. The number of amides is 2. The molecule has 0 fully saturated rings. The molecular formula is C25H20ClFN6O2.